The zero-order valence-electron chi connectivity index (χ0n) is 24.8. The zero-order valence-corrected chi connectivity index (χ0v) is 24.8. The quantitative estimate of drug-likeness (QED) is 0.442. The molecule has 0 bridgehead atoms. The minimum atomic E-state index is -0.593. The van der Waals surface area contributed by atoms with Gasteiger partial charge in [0.1, 0.15) is 17.4 Å². The van der Waals surface area contributed by atoms with Crippen LogP contribution in [0.1, 0.15) is 102 Å². The number of benzene rings is 2. The number of amides is 1. The molecule has 1 amide bonds. The molecule has 2 aromatic rings. The lowest BCUT2D eigenvalue weighted by Crippen LogP contribution is -2.47. The number of halogens is 2. The summed E-state index contributed by atoms with van der Waals surface area (Å²) in [6, 6.07) is 12.4. The standard InChI is InChI=1S/C34H44F2N2O2/c1-21(39)37-33(5,6)29-18-34(28-10-8-7-9-25(28)29)15-13-22(14-16-34)31(40)27-20-38(32(2,3)4)19-26(27)24-12-11-23(35)17-30(24)36/h7-12,17,22,26-27,29H,13-16,18-20H2,1-6H3,(H,37,39)/t22?,26-,27+,29?,34?/m0/s1. The summed E-state index contributed by atoms with van der Waals surface area (Å²) in [5, 5.41) is 3.18. The molecule has 1 unspecified atom stereocenters. The Hall–Kier alpha value is -2.60. The first-order valence-electron chi connectivity index (χ1n) is 14.8. The second-order valence-corrected chi connectivity index (χ2v) is 14.2. The SMILES string of the molecule is CC(=O)NC(C)(C)C1CC2(CCC(C(=O)[C@@H]3CN(C(C)(C)C)C[C@H]3c3ccc(F)cc3F)CC2)c2ccccc21. The number of nitrogens with zero attached hydrogens (tertiary/aromatic N) is 1. The second-order valence-electron chi connectivity index (χ2n) is 14.2. The van der Waals surface area contributed by atoms with Gasteiger partial charge in [0.25, 0.3) is 0 Å². The fourth-order valence-electron chi connectivity index (χ4n) is 8.07. The van der Waals surface area contributed by atoms with Crippen molar-refractivity contribution in [3.63, 3.8) is 0 Å². The zero-order chi connectivity index (χ0) is 29.0. The Morgan fingerprint density at radius 2 is 1.62 bits per heavy atom. The first-order chi connectivity index (χ1) is 18.7. The van der Waals surface area contributed by atoms with Crippen LogP contribution in [0.2, 0.25) is 0 Å². The molecule has 6 heteroatoms. The topological polar surface area (TPSA) is 49.4 Å². The normalized spacial score (nSPS) is 29.0. The number of hydrogen-bond donors (Lipinski definition) is 1. The van der Waals surface area contributed by atoms with E-state index in [1.165, 1.54) is 23.3 Å². The maximum absolute atomic E-state index is 15.0. The molecule has 40 heavy (non-hydrogen) atoms. The van der Waals surface area contributed by atoms with Crippen molar-refractivity contribution in [2.75, 3.05) is 13.1 Å². The Labute approximate surface area is 237 Å². The predicted octanol–water partition coefficient (Wildman–Crippen LogP) is 6.88. The van der Waals surface area contributed by atoms with E-state index in [9.17, 15) is 18.4 Å². The predicted molar refractivity (Wildman–Crippen MR) is 154 cm³/mol. The van der Waals surface area contributed by atoms with Crippen molar-refractivity contribution in [1.29, 1.82) is 0 Å². The average Bonchev–Trinajstić information content (AvgIpc) is 3.45. The average molecular weight is 551 g/mol. The van der Waals surface area contributed by atoms with Crippen molar-refractivity contribution in [2.45, 2.75) is 102 Å². The lowest BCUT2D eigenvalue weighted by Gasteiger charge is -2.40. The maximum atomic E-state index is 15.0. The van der Waals surface area contributed by atoms with Crippen LogP contribution in [-0.4, -0.2) is 40.8 Å². The van der Waals surface area contributed by atoms with Gasteiger partial charge in [-0.05, 0) is 94.9 Å². The fraction of sp³-hybridized carbons (Fsp3) is 0.588. The van der Waals surface area contributed by atoms with E-state index in [4.69, 9.17) is 0 Å². The summed E-state index contributed by atoms with van der Waals surface area (Å²) in [4.78, 5) is 28.4. The van der Waals surface area contributed by atoms with E-state index in [1.807, 2.05) is 0 Å². The van der Waals surface area contributed by atoms with Crippen molar-refractivity contribution in [1.82, 2.24) is 10.2 Å². The largest absolute Gasteiger partial charge is 0.351 e. The molecular formula is C34H44F2N2O2. The van der Waals surface area contributed by atoms with E-state index in [0.717, 1.165) is 38.2 Å². The molecule has 0 radical (unpaired) electrons. The van der Waals surface area contributed by atoms with Gasteiger partial charge in [0.2, 0.25) is 5.91 Å². The Bertz CT molecular complexity index is 1290. The van der Waals surface area contributed by atoms with Crippen LogP contribution in [0.4, 0.5) is 8.78 Å². The molecule has 1 saturated carbocycles. The van der Waals surface area contributed by atoms with E-state index in [2.05, 4.69) is 69.1 Å². The molecule has 1 aliphatic heterocycles. The van der Waals surface area contributed by atoms with Gasteiger partial charge < -0.3 is 5.32 Å². The van der Waals surface area contributed by atoms with E-state index < -0.39 is 11.6 Å². The smallest absolute Gasteiger partial charge is 0.217 e. The van der Waals surface area contributed by atoms with Gasteiger partial charge in [-0.25, -0.2) is 8.78 Å². The number of Topliss-reactive ketones (excluding diaryl/α,β-unsaturated/α-hetero) is 1. The van der Waals surface area contributed by atoms with Crippen molar-refractivity contribution in [2.24, 2.45) is 11.8 Å². The van der Waals surface area contributed by atoms with Crippen molar-refractivity contribution in [3.05, 3.63) is 70.8 Å². The Kier molecular flexibility index (Phi) is 7.48. The highest BCUT2D eigenvalue weighted by atomic mass is 19.1. The lowest BCUT2D eigenvalue weighted by molar-refractivity contribution is -0.128. The first-order valence-corrected chi connectivity index (χ1v) is 14.8. The van der Waals surface area contributed by atoms with Gasteiger partial charge in [0.15, 0.2) is 0 Å². The Balaban J connectivity index is 1.37. The third-order valence-corrected chi connectivity index (χ3v) is 10.2. The summed E-state index contributed by atoms with van der Waals surface area (Å²) in [6.45, 7) is 13.4. The summed E-state index contributed by atoms with van der Waals surface area (Å²) in [5.74, 6) is -1.38. The lowest BCUT2D eigenvalue weighted by atomic mass is 9.64. The van der Waals surface area contributed by atoms with Gasteiger partial charge in [-0.15, -0.1) is 0 Å². The number of rotatable bonds is 5. The number of ketones is 1. The Morgan fingerprint density at radius 3 is 2.25 bits per heavy atom. The molecule has 1 saturated heterocycles. The molecule has 1 heterocycles. The van der Waals surface area contributed by atoms with E-state index in [1.54, 1.807) is 6.92 Å². The van der Waals surface area contributed by atoms with Gasteiger partial charge in [0.05, 0.1) is 0 Å². The van der Waals surface area contributed by atoms with E-state index in [-0.39, 0.29) is 51.9 Å². The van der Waals surface area contributed by atoms with Crippen molar-refractivity contribution in [3.8, 4) is 0 Å². The van der Waals surface area contributed by atoms with Crippen LogP contribution in [0.5, 0.6) is 0 Å². The number of carbonyl (C=O) groups excluding carboxylic acids is 2. The number of nitrogens with one attached hydrogen (secondary N) is 1. The van der Waals surface area contributed by atoms with Gasteiger partial charge in [-0.1, -0.05) is 30.3 Å². The maximum Gasteiger partial charge on any atom is 0.217 e. The third-order valence-electron chi connectivity index (χ3n) is 10.2. The highest BCUT2D eigenvalue weighted by molar-refractivity contribution is 5.85. The van der Waals surface area contributed by atoms with Crippen LogP contribution in [0.15, 0.2) is 42.5 Å². The number of hydrogen-bond acceptors (Lipinski definition) is 3. The molecule has 216 valence electrons. The molecule has 2 fully saturated rings. The molecule has 2 aromatic carbocycles. The third kappa shape index (κ3) is 5.24. The molecular weight excluding hydrogens is 506 g/mol. The number of carbonyl (C=O) groups is 2. The molecule has 0 aromatic heterocycles. The summed E-state index contributed by atoms with van der Waals surface area (Å²) < 4.78 is 28.7. The summed E-state index contributed by atoms with van der Waals surface area (Å²) >= 11 is 0. The van der Waals surface area contributed by atoms with Gasteiger partial charge >= 0.3 is 0 Å². The number of likely N-dealkylation sites (tertiary alicyclic amines) is 1. The molecule has 3 aliphatic rings. The van der Waals surface area contributed by atoms with Crippen LogP contribution in [0.25, 0.3) is 0 Å². The van der Waals surface area contributed by atoms with E-state index >= 15 is 0 Å². The molecule has 2 aliphatic carbocycles. The number of fused-ring (bicyclic) bond motifs is 2. The molecule has 1 N–H and O–H groups in total. The van der Waals surface area contributed by atoms with Crippen LogP contribution in [0.3, 0.4) is 0 Å². The highest BCUT2D eigenvalue weighted by Gasteiger charge is 2.52. The van der Waals surface area contributed by atoms with Crippen LogP contribution < -0.4 is 5.32 Å². The highest BCUT2D eigenvalue weighted by Crippen LogP contribution is 2.57. The van der Waals surface area contributed by atoms with Crippen LogP contribution >= 0.6 is 0 Å². The van der Waals surface area contributed by atoms with Gasteiger partial charge in [0, 0.05) is 60.8 Å². The fourth-order valence-corrected chi connectivity index (χ4v) is 8.07. The van der Waals surface area contributed by atoms with Crippen LogP contribution in [0, 0.1) is 23.5 Å². The first kappa shape index (κ1) is 28.9. The Morgan fingerprint density at radius 1 is 0.950 bits per heavy atom. The van der Waals surface area contributed by atoms with E-state index in [0.29, 0.717) is 18.7 Å². The minimum absolute atomic E-state index is 0.00334. The van der Waals surface area contributed by atoms with Crippen LogP contribution in [-0.2, 0) is 15.0 Å². The van der Waals surface area contributed by atoms with Gasteiger partial charge in [-0.3, -0.25) is 14.5 Å². The van der Waals surface area contributed by atoms with Crippen molar-refractivity contribution < 1.29 is 18.4 Å². The van der Waals surface area contributed by atoms with Crippen molar-refractivity contribution >= 4 is 11.7 Å². The molecule has 3 atom stereocenters. The second kappa shape index (κ2) is 10.3. The monoisotopic (exact) mass is 550 g/mol. The summed E-state index contributed by atoms with van der Waals surface area (Å²) in [5.41, 5.74) is 2.62. The van der Waals surface area contributed by atoms with Gasteiger partial charge in [-0.2, -0.15) is 0 Å². The molecule has 4 nitrogen and oxygen atoms in total. The minimum Gasteiger partial charge on any atom is -0.351 e. The summed E-state index contributed by atoms with van der Waals surface area (Å²) in [7, 11) is 0. The molecule has 5 rings (SSSR count). The molecule has 1 spiro atoms. The summed E-state index contributed by atoms with van der Waals surface area (Å²) in [6.07, 6.45) is 4.44.